The van der Waals surface area contributed by atoms with Crippen LogP contribution in [0.2, 0.25) is 5.02 Å². The maximum Gasteiger partial charge on any atom is 0.349 e. The Balaban J connectivity index is 1.72. The fraction of sp³-hybridized carbons (Fsp3) is 0.136. The summed E-state index contributed by atoms with van der Waals surface area (Å²) in [6.07, 6.45) is 0. The van der Waals surface area contributed by atoms with E-state index in [-0.39, 0.29) is 16.9 Å². The van der Waals surface area contributed by atoms with Crippen molar-refractivity contribution in [3.8, 4) is 17.0 Å². The number of hydrogen-bond donors (Lipinski definition) is 0. The number of aromatic nitrogens is 1. The fourth-order valence-electron chi connectivity index (χ4n) is 3.23. The van der Waals surface area contributed by atoms with Crippen LogP contribution >= 0.6 is 11.6 Å². The summed E-state index contributed by atoms with van der Waals surface area (Å²) in [5.74, 6) is -0.265. The Bertz CT molecular complexity index is 1290. The Hall–Kier alpha value is -3.58. The van der Waals surface area contributed by atoms with E-state index < -0.39 is 11.9 Å². The molecule has 0 atom stereocenters. The third kappa shape index (κ3) is 3.33. The Morgan fingerprint density at radius 2 is 1.77 bits per heavy atom. The summed E-state index contributed by atoms with van der Waals surface area (Å²) < 4.78 is 21.2. The van der Waals surface area contributed by atoms with Gasteiger partial charge in [-0.25, -0.2) is 9.59 Å². The van der Waals surface area contributed by atoms with Crippen molar-refractivity contribution in [1.82, 2.24) is 5.16 Å². The van der Waals surface area contributed by atoms with Gasteiger partial charge in [0, 0.05) is 10.9 Å². The van der Waals surface area contributed by atoms with Crippen LogP contribution in [0.3, 0.4) is 0 Å². The molecule has 0 spiro atoms. The molecular formula is C22H16ClNO6. The predicted octanol–water partition coefficient (Wildman–Crippen LogP) is 5.36. The van der Waals surface area contributed by atoms with Crippen molar-refractivity contribution in [3.63, 3.8) is 0 Å². The van der Waals surface area contributed by atoms with E-state index in [2.05, 4.69) is 5.16 Å². The molecule has 0 radical (unpaired) electrons. The van der Waals surface area contributed by atoms with Gasteiger partial charge in [-0.05, 0) is 38.1 Å². The second kappa shape index (κ2) is 7.68. The number of halogens is 1. The standard InChI is InChI=1S/C22H16ClNO6/c1-11-18(21(25)27-3)15-10-13(8-9-17(15)28-11)29-22(26)19-12(2)30-24-20(19)14-6-4-5-7-16(14)23/h4-10H,1-3H3. The lowest BCUT2D eigenvalue weighted by molar-refractivity contribution is 0.0600. The molecule has 7 nitrogen and oxygen atoms in total. The Kier molecular flexibility index (Phi) is 5.05. The second-order valence-electron chi connectivity index (χ2n) is 6.51. The van der Waals surface area contributed by atoms with Gasteiger partial charge in [-0.2, -0.15) is 0 Å². The zero-order chi connectivity index (χ0) is 21.4. The smallest absolute Gasteiger partial charge is 0.349 e. The van der Waals surface area contributed by atoms with Crippen molar-refractivity contribution in [2.45, 2.75) is 13.8 Å². The van der Waals surface area contributed by atoms with Gasteiger partial charge in [0.2, 0.25) is 0 Å². The molecular weight excluding hydrogens is 410 g/mol. The minimum absolute atomic E-state index is 0.166. The molecule has 0 aliphatic rings. The molecule has 0 aliphatic heterocycles. The molecule has 8 heteroatoms. The summed E-state index contributed by atoms with van der Waals surface area (Å²) >= 11 is 6.25. The van der Waals surface area contributed by atoms with Crippen molar-refractivity contribution < 1.29 is 28.0 Å². The van der Waals surface area contributed by atoms with Crippen LogP contribution in [0.1, 0.15) is 32.2 Å². The number of aryl methyl sites for hydroxylation is 2. The minimum Gasteiger partial charge on any atom is -0.465 e. The molecule has 0 N–H and O–H groups in total. The number of esters is 2. The lowest BCUT2D eigenvalue weighted by Gasteiger charge is -2.06. The Morgan fingerprint density at radius 1 is 1.00 bits per heavy atom. The lowest BCUT2D eigenvalue weighted by atomic mass is 10.1. The third-order valence-corrected chi connectivity index (χ3v) is 4.96. The number of methoxy groups -OCH3 is 1. The number of ether oxygens (including phenoxy) is 2. The lowest BCUT2D eigenvalue weighted by Crippen LogP contribution is -2.10. The molecule has 2 heterocycles. The molecule has 0 amide bonds. The average Bonchev–Trinajstić information content (AvgIpc) is 3.26. The maximum absolute atomic E-state index is 12.9. The van der Waals surface area contributed by atoms with E-state index in [0.29, 0.717) is 38.8 Å². The number of rotatable bonds is 4. The van der Waals surface area contributed by atoms with Gasteiger partial charge in [0.05, 0.1) is 12.1 Å². The minimum atomic E-state index is -0.664. The Labute approximate surface area is 176 Å². The average molecular weight is 426 g/mol. The first-order valence-corrected chi connectivity index (χ1v) is 9.33. The van der Waals surface area contributed by atoms with E-state index in [1.165, 1.54) is 7.11 Å². The molecule has 4 rings (SSSR count). The number of fused-ring (bicyclic) bond motifs is 1. The van der Waals surface area contributed by atoms with Crippen LogP contribution < -0.4 is 4.74 Å². The summed E-state index contributed by atoms with van der Waals surface area (Å²) in [6.45, 7) is 3.27. The molecule has 30 heavy (non-hydrogen) atoms. The van der Waals surface area contributed by atoms with E-state index in [9.17, 15) is 9.59 Å². The van der Waals surface area contributed by atoms with Crippen LogP contribution in [-0.2, 0) is 4.74 Å². The predicted molar refractivity (Wildman–Crippen MR) is 109 cm³/mol. The fourth-order valence-corrected chi connectivity index (χ4v) is 3.45. The zero-order valence-corrected chi connectivity index (χ0v) is 17.1. The van der Waals surface area contributed by atoms with Gasteiger partial charge in [-0.3, -0.25) is 0 Å². The van der Waals surface area contributed by atoms with Gasteiger partial charge in [0.15, 0.2) is 0 Å². The number of benzene rings is 2. The van der Waals surface area contributed by atoms with E-state index in [0.717, 1.165) is 0 Å². The van der Waals surface area contributed by atoms with Crippen LogP contribution in [0, 0.1) is 13.8 Å². The number of carbonyl (C=O) groups excluding carboxylic acids is 2. The largest absolute Gasteiger partial charge is 0.465 e. The molecule has 4 aromatic rings. The van der Waals surface area contributed by atoms with Crippen molar-refractivity contribution in [3.05, 3.63) is 70.1 Å². The first-order valence-electron chi connectivity index (χ1n) is 8.95. The van der Waals surface area contributed by atoms with Crippen LogP contribution in [0.25, 0.3) is 22.2 Å². The van der Waals surface area contributed by atoms with E-state index in [1.807, 2.05) is 0 Å². The Morgan fingerprint density at radius 3 is 2.50 bits per heavy atom. The molecule has 0 bridgehead atoms. The molecule has 0 unspecified atom stereocenters. The molecule has 0 saturated carbocycles. The van der Waals surface area contributed by atoms with Gasteiger partial charge in [0.25, 0.3) is 0 Å². The molecule has 0 fully saturated rings. The summed E-state index contributed by atoms with van der Waals surface area (Å²) in [4.78, 5) is 25.0. The summed E-state index contributed by atoms with van der Waals surface area (Å²) in [5.41, 5.74) is 1.77. The highest BCUT2D eigenvalue weighted by atomic mass is 35.5. The van der Waals surface area contributed by atoms with E-state index in [4.69, 9.17) is 30.0 Å². The number of hydrogen-bond acceptors (Lipinski definition) is 7. The van der Waals surface area contributed by atoms with Gasteiger partial charge in [-0.1, -0.05) is 35.0 Å². The van der Waals surface area contributed by atoms with Crippen molar-refractivity contribution in [2.75, 3.05) is 7.11 Å². The first-order chi connectivity index (χ1) is 14.4. The zero-order valence-electron chi connectivity index (χ0n) is 16.3. The summed E-state index contributed by atoms with van der Waals surface area (Å²) in [5, 5.41) is 4.89. The van der Waals surface area contributed by atoms with Gasteiger partial charge >= 0.3 is 11.9 Å². The van der Waals surface area contributed by atoms with Gasteiger partial charge in [0.1, 0.15) is 39.7 Å². The van der Waals surface area contributed by atoms with Gasteiger partial charge < -0.3 is 18.4 Å². The molecule has 2 aromatic carbocycles. The first kappa shape index (κ1) is 19.7. The van der Waals surface area contributed by atoms with Crippen molar-refractivity contribution in [1.29, 1.82) is 0 Å². The highest BCUT2D eigenvalue weighted by Gasteiger charge is 2.25. The van der Waals surface area contributed by atoms with Crippen LogP contribution in [0.4, 0.5) is 0 Å². The third-order valence-electron chi connectivity index (χ3n) is 4.63. The van der Waals surface area contributed by atoms with Crippen LogP contribution in [0.15, 0.2) is 51.4 Å². The molecule has 0 saturated heterocycles. The van der Waals surface area contributed by atoms with Crippen LogP contribution in [0.5, 0.6) is 5.75 Å². The number of carbonyl (C=O) groups is 2. The topological polar surface area (TPSA) is 91.8 Å². The molecule has 0 aliphatic carbocycles. The SMILES string of the molecule is COC(=O)c1c(C)oc2ccc(OC(=O)c3c(-c4ccccc4Cl)noc3C)cc12. The van der Waals surface area contributed by atoms with E-state index >= 15 is 0 Å². The number of furan rings is 1. The second-order valence-corrected chi connectivity index (χ2v) is 6.92. The maximum atomic E-state index is 12.9. The van der Waals surface area contributed by atoms with Crippen molar-refractivity contribution in [2.24, 2.45) is 0 Å². The highest BCUT2D eigenvalue weighted by Crippen LogP contribution is 2.33. The van der Waals surface area contributed by atoms with E-state index in [1.54, 1.807) is 56.3 Å². The summed E-state index contributed by atoms with van der Waals surface area (Å²) in [6, 6.07) is 11.7. The monoisotopic (exact) mass is 425 g/mol. The quantitative estimate of drug-likeness (QED) is 0.321. The number of nitrogens with zero attached hydrogens (tertiary/aromatic N) is 1. The van der Waals surface area contributed by atoms with Crippen LogP contribution in [-0.4, -0.2) is 24.2 Å². The summed E-state index contributed by atoms with van der Waals surface area (Å²) in [7, 11) is 1.29. The molecule has 152 valence electrons. The van der Waals surface area contributed by atoms with Crippen molar-refractivity contribution >= 4 is 34.5 Å². The highest BCUT2D eigenvalue weighted by molar-refractivity contribution is 6.33. The van der Waals surface area contributed by atoms with Gasteiger partial charge in [-0.15, -0.1) is 0 Å². The normalized spacial score (nSPS) is 10.9. The molecule has 2 aromatic heterocycles.